The van der Waals surface area contributed by atoms with Gasteiger partial charge in [-0.2, -0.15) is 0 Å². The topological polar surface area (TPSA) is 47.1 Å². The van der Waals surface area contributed by atoms with Crippen LogP contribution >= 0.6 is 23.2 Å². The van der Waals surface area contributed by atoms with Crippen molar-refractivity contribution in [2.45, 2.75) is 26.6 Å². The van der Waals surface area contributed by atoms with Crippen molar-refractivity contribution in [2.24, 2.45) is 0 Å². The van der Waals surface area contributed by atoms with Crippen LogP contribution in [0.3, 0.4) is 0 Å². The van der Waals surface area contributed by atoms with Gasteiger partial charge in [-0.25, -0.2) is 4.98 Å². The summed E-state index contributed by atoms with van der Waals surface area (Å²) in [6.07, 6.45) is 3.42. The van der Waals surface area contributed by atoms with Crippen molar-refractivity contribution in [2.75, 3.05) is 7.11 Å². The molecule has 0 saturated heterocycles. The van der Waals surface area contributed by atoms with E-state index < -0.39 is 0 Å². The smallest absolute Gasteiger partial charge is 0.138 e. The summed E-state index contributed by atoms with van der Waals surface area (Å²) in [7, 11) is 1.68. The average Bonchev–Trinajstić information content (AvgIpc) is 3.20. The van der Waals surface area contributed by atoms with Crippen LogP contribution in [0.1, 0.15) is 36.6 Å². The summed E-state index contributed by atoms with van der Waals surface area (Å²) in [4.78, 5) is 7.52. The van der Waals surface area contributed by atoms with Gasteiger partial charge < -0.3 is 14.5 Å². The van der Waals surface area contributed by atoms with Crippen LogP contribution in [0.5, 0.6) is 5.75 Å². The number of rotatable bonds is 6. The maximum absolute atomic E-state index is 6.48. The van der Waals surface area contributed by atoms with E-state index in [0.717, 1.165) is 27.7 Å². The summed E-state index contributed by atoms with van der Waals surface area (Å²) < 4.78 is 11.6. The maximum Gasteiger partial charge on any atom is 0.138 e. The molecule has 2 aromatic heterocycles. The van der Waals surface area contributed by atoms with Crippen molar-refractivity contribution in [3.05, 3.63) is 93.7 Å². The Morgan fingerprint density at radius 3 is 2.50 bits per heavy atom. The number of fused-ring (bicyclic) bond motifs is 1. The second-order valence-electron chi connectivity index (χ2n) is 6.36. The highest BCUT2D eigenvalue weighted by molar-refractivity contribution is 6.32. The Hall–Kier alpha value is -2.53. The molecule has 0 amide bonds. The van der Waals surface area contributed by atoms with Crippen LogP contribution in [-0.2, 0) is 11.3 Å². The zero-order valence-electron chi connectivity index (χ0n) is 17.2. The number of H-pyrrole nitrogens is 1. The minimum atomic E-state index is -0.263. The van der Waals surface area contributed by atoms with Gasteiger partial charge in [0.1, 0.15) is 24.1 Å². The van der Waals surface area contributed by atoms with Gasteiger partial charge in [0.05, 0.1) is 5.02 Å². The third kappa shape index (κ3) is 4.96. The first-order chi connectivity index (χ1) is 14.7. The molecule has 1 unspecified atom stereocenters. The summed E-state index contributed by atoms with van der Waals surface area (Å²) in [6, 6.07) is 17.2. The van der Waals surface area contributed by atoms with Gasteiger partial charge in [-0.3, -0.25) is 0 Å². The molecule has 30 heavy (non-hydrogen) atoms. The zero-order valence-corrected chi connectivity index (χ0v) is 18.7. The number of benzene rings is 2. The highest BCUT2D eigenvalue weighted by atomic mass is 35.5. The Balaban J connectivity index is 0.00000124. The van der Waals surface area contributed by atoms with Crippen molar-refractivity contribution in [3.63, 3.8) is 0 Å². The SMILES string of the molecule is CC.COC(c1ccc(OCc2ccc(Cl)cc2)c(Cl)c1)c1c[nH]c2ncccc12. The van der Waals surface area contributed by atoms with Crippen molar-refractivity contribution in [3.8, 4) is 5.75 Å². The molecule has 0 fully saturated rings. The second kappa shape index (κ2) is 10.5. The molecule has 156 valence electrons. The molecule has 2 heterocycles. The van der Waals surface area contributed by atoms with Gasteiger partial charge in [0, 0.05) is 35.5 Å². The first kappa shape index (κ1) is 22.2. The molecule has 0 aliphatic carbocycles. The number of aromatic nitrogens is 2. The van der Waals surface area contributed by atoms with Crippen molar-refractivity contribution in [1.29, 1.82) is 0 Å². The van der Waals surface area contributed by atoms with Crippen molar-refractivity contribution in [1.82, 2.24) is 9.97 Å². The summed E-state index contributed by atoms with van der Waals surface area (Å²) in [6.45, 7) is 4.41. The van der Waals surface area contributed by atoms with E-state index in [2.05, 4.69) is 9.97 Å². The van der Waals surface area contributed by atoms with E-state index in [9.17, 15) is 0 Å². The number of hydrogen-bond donors (Lipinski definition) is 1. The third-order valence-electron chi connectivity index (χ3n) is 4.57. The van der Waals surface area contributed by atoms with Gasteiger partial charge in [0.25, 0.3) is 0 Å². The molecular weight excluding hydrogens is 419 g/mol. The van der Waals surface area contributed by atoms with Crippen LogP contribution in [-0.4, -0.2) is 17.1 Å². The monoisotopic (exact) mass is 442 g/mol. The summed E-state index contributed by atoms with van der Waals surface area (Å²) >= 11 is 12.4. The molecular formula is C24H24Cl2N2O2. The fourth-order valence-electron chi connectivity index (χ4n) is 3.18. The predicted octanol–water partition coefficient (Wildman–Crippen LogP) is 7.21. The number of nitrogens with one attached hydrogen (secondary N) is 1. The molecule has 4 rings (SSSR count). The average molecular weight is 443 g/mol. The van der Waals surface area contributed by atoms with Gasteiger partial charge in [-0.05, 0) is 47.5 Å². The molecule has 4 nitrogen and oxygen atoms in total. The Kier molecular flexibility index (Phi) is 7.75. The van der Waals surface area contributed by atoms with Crippen LogP contribution in [0.4, 0.5) is 0 Å². The Morgan fingerprint density at radius 1 is 1.03 bits per heavy atom. The number of halogens is 2. The quantitative estimate of drug-likeness (QED) is 0.343. The Labute approximate surface area is 186 Å². The van der Waals surface area contributed by atoms with Gasteiger partial charge in [0.15, 0.2) is 0 Å². The number of pyridine rings is 1. The lowest BCUT2D eigenvalue weighted by Gasteiger charge is -2.17. The molecule has 1 atom stereocenters. The van der Waals surface area contributed by atoms with Crippen LogP contribution < -0.4 is 4.74 Å². The Morgan fingerprint density at radius 2 is 1.80 bits per heavy atom. The fraction of sp³-hybridized carbons (Fsp3) is 0.208. The number of aromatic amines is 1. The maximum atomic E-state index is 6.48. The first-order valence-electron chi connectivity index (χ1n) is 9.77. The first-order valence-corrected chi connectivity index (χ1v) is 10.5. The van der Waals surface area contributed by atoms with E-state index in [4.69, 9.17) is 32.7 Å². The molecule has 0 saturated carbocycles. The summed E-state index contributed by atoms with van der Waals surface area (Å²) in [5.74, 6) is 0.621. The van der Waals surface area contributed by atoms with Crippen LogP contribution in [0.25, 0.3) is 11.0 Å². The van der Waals surface area contributed by atoms with E-state index in [1.54, 1.807) is 13.3 Å². The number of hydrogen-bond acceptors (Lipinski definition) is 3. The molecule has 2 aromatic carbocycles. The third-order valence-corrected chi connectivity index (χ3v) is 5.11. The van der Waals surface area contributed by atoms with Gasteiger partial charge >= 0.3 is 0 Å². The lowest BCUT2D eigenvalue weighted by molar-refractivity contribution is 0.137. The van der Waals surface area contributed by atoms with Gasteiger partial charge in [-0.1, -0.05) is 55.2 Å². The number of methoxy groups -OCH3 is 1. The van der Waals surface area contributed by atoms with E-state index in [0.29, 0.717) is 22.4 Å². The highest BCUT2D eigenvalue weighted by Crippen LogP contribution is 2.35. The van der Waals surface area contributed by atoms with E-state index in [1.807, 2.05) is 74.6 Å². The summed E-state index contributed by atoms with van der Waals surface area (Å²) in [5.41, 5.74) is 3.80. The van der Waals surface area contributed by atoms with E-state index in [-0.39, 0.29) is 6.10 Å². The van der Waals surface area contributed by atoms with Crippen LogP contribution in [0.15, 0.2) is 67.0 Å². The lowest BCUT2D eigenvalue weighted by Crippen LogP contribution is -2.03. The fourth-order valence-corrected chi connectivity index (χ4v) is 3.55. The molecule has 4 aromatic rings. The molecule has 0 aliphatic heterocycles. The molecule has 0 radical (unpaired) electrons. The molecule has 0 aliphatic rings. The van der Waals surface area contributed by atoms with Crippen molar-refractivity contribution >= 4 is 34.2 Å². The van der Waals surface area contributed by atoms with Crippen LogP contribution in [0.2, 0.25) is 10.0 Å². The molecule has 1 N–H and O–H groups in total. The van der Waals surface area contributed by atoms with E-state index >= 15 is 0 Å². The number of ether oxygens (including phenoxy) is 2. The largest absolute Gasteiger partial charge is 0.487 e. The normalized spacial score (nSPS) is 11.6. The van der Waals surface area contributed by atoms with Gasteiger partial charge in [0.2, 0.25) is 0 Å². The summed E-state index contributed by atoms with van der Waals surface area (Å²) in [5, 5.41) is 2.25. The predicted molar refractivity (Wildman–Crippen MR) is 124 cm³/mol. The minimum absolute atomic E-state index is 0.263. The molecule has 0 spiro atoms. The minimum Gasteiger partial charge on any atom is -0.487 e. The highest BCUT2D eigenvalue weighted by Gasteiger charge is 2.19. The lowest BCUT2D eigenvalue weighted by atomic mass is 10.0. The van der Waals surface area contributed by atoms with Crippen LogP contribution in [0, 0.1) is 0 Å². The zero-order chi connectivity index (χ0) is 21.5. The molecule has 6 heteroatoms. The van der Waals surface area contributed by atoms with E-state index in [1.165, 1.54) is 0 Å². The standard InChI is InChI=1S/C22H18Cl2N2O2.C2H6/c1-27-21(18-12-26-22-17(18)3-2-10-25-22)15-6-9-20(19(24)11-15)28-13-14-4-7-16(23)8-5-14;1-2/h2-12,21H,13H2,1H3,(H,25,26);1-2H3. The number of nitrogens with zero attached hydrogens (tertiary/aromatic N) is 1. The Bertz CT molecular complexity index is 1090. The van der Waals surface area contributed by atoms with Gasteiger partial charge in [-0.15, -0.1) is 0 Å². The second-order valence-corrected chi connectivity index (χ2v) is 7.21. The van der Waals surface area contributed by atoms with Crippen molar-refractivity contribution < 1.29 is 9.47 Å². The molecule has 0 bridgehead atoms.